The summed E-state index contributed by atoms with van der Waals surface area (Å²) in [4.78, 5) is 5.37. The van der Waals surface area contributed by atoms with Crippen LogP contribution in [-0.4, -0.2) is 36.6 Å². The minimum Gasteiger partial charge on any atom is -0.365 e. The van der Waals surface area contributed by atoms with E-state index in [1.807, 2.05) is 0 Å². The number of nitrogens with zero attached hydrogens (tertiary/aromatic N) is 2. The lowest BCUT2D eigenvalue weighted by Gasteiger charge is -2.45. The first-order chi connectivity index (χ1) is 9.19. The topological polar surface area (TPSA) is 6.48 Å². The minimum atomic E-state index is 0.675. The van der Waals surface area contributed by atoms with E-state index in [1.54, 1.807) is 0 Å². The Morgan fingerprint density at radius 2 is 2.16 bits per heavy atom. The highest BCUT2D eigenvalue weighted by Crippen LogP contribution is 2.32. The first kappa shape index (κ1) is 13.4. The molecular formula is C16H23BrN2. The van der Waals surface area contributed by atoms with E-state index in [4.69, 9.17) is 0 Å². The highest BCUT2D eigenvalue weighted by atomic mass is 79.9. The zero-order valence-electron chi connectivity index (χ0n) is 11.9. The van der Waals surface area contributed by atoms with Gasteiger partial charge < -0.3 is 4.90 Å². The molecule has 2 fully saturated rings. The fourth-order valence-electron chi connectivity index (χ4n) is 3.67. The van der Waals surface area contributed by atoms with E-state index in [0.29, 0.717) is 6.04 Å². The molecule has 2 unspecified atom stereocenters. The molecule has 0 spiro atoms. The maximum atomic E-state index is 3.57. The van der Waals surface area contributed by atoms with Crippen LogP contribution in [0.4, 0.5) is 5.69 Å². The van der Waals surface area contributed by atoms with Crippen molar-refractivity contribution in [2.24, 2.45) is 0 Å². The van der Waals surface area contributed by atoms with Gasteiger partial charge in [-0.05, 0) is 56.5 Å². The summed E-state index contributed by atoms with van der Waals surface area (Å²) in [6.45, 7) is 8.32. The summed E-state index contributed by atoms with van der Waals surface area (Å²) in [5, 5.41) is 0. The van der Waals surface area contributed by atoms with Gasteiger partial charge in [0.1, 0.15) is 0 Å². The van der Waals surface area contributed by atoms with E-state index < -0.39 is 0 Å². The van der Waals surface area contributed by atoms with Crippen LogP contribution in [-0.2, 0) is 0 Å². The molecule has 2 aliphatic heterocycles. The SMILES string of the molecule is CCC1CN2CCCC2CN1c1ccc(Br)cc1C. The lowest BCUT2D eigenvalue weighted by molar-refractivity contribution is 0.194. The molecule has 104 valence electrons. The first-order valence-electron chi connectivity index (χ1n) is 7.46. The molecule has 2 atom stereocenters. The number of anilines is 1. The maximum Gasteiger partial charge on any atom is 0.0415 e. The Balaban J connectivity index is 1.88. The van der Waals surface area contributed by atoms with Crippen molar-refractivity contribution in [1.29, 1.82) is 0 Å². The molecule has 1 aromatic rings. The molecule has 3 heteroatoms. The molecule has 0 saturated carbocycles. The number of aryl methyl sites for hydroxylation is 1. The molecule has 0 bridgehead atoms. The van der Waals surface area contributed by atoms with E-state index in [0.717, 1.165) is 6.04 Å². The van der Waals surface area contributed by atoms with Gasteiger partial charge in [-0.2, -0.15) is 0 Å². The molecule has 19 heavy (non-hydrogen) atoms. The lowest BCUT2D eigenvalue weighted by Crippen LogP contribution is -2.56. The Hall–Kier alpha value is -0.540. The van der Waals surface area contributed by atoms with Crippen LogP contribution in [0.25, 0.3) is 0 Å². The number of rotatable bonds is 2. The van der Waals surface area contributed by atoms with Gasteiger partial charge in [0.05, 0.1) is 0 Å². The number of benzene rings is 1. The van der Waals surface area contributed by atoms with Gasteiger partial charge in [0.25, 0.3) is 0 Å². The fraction of sp³-hybridized carbons (Fsp3) is 0.625. The standard InChI is InChI=1S/C16H23BrN2/c1-3-14-10-18-8-4-5-15(18)11-19(14)16-7-6-13(17)9-12(16)2/h6-7,9,14-15H,3-5,8,10-11H2,1-2H3. The molecule has 1 aromatic carbocycles. The van der Waals surface area contributed by atoms with Gasteiger partial charge in [-0.3, -0.25) is 4.90 Å². The third-order valence-corrected chi connectivity index (χ3v) is 5.23. The normalized spacial score (nSPS) is 27.6. The van der Waals surface area contributed by atoms with Crippen LogP contribution in [0.15, 0.2) is 22.7 Å². The van der Waals surface area contributed by atoms with E-state index in [9.17, 15) is 0 Å². The van der Waals surface area contributed by atoms with Crippen LogP contribution in [0.3, 0.4) is 0 Å². The third kappa shape index (κ3) is 2.55. The third-order valence-electron chi connectivity index (χ3n) is 4.73. The minimum absolute atomic E-state index is 0.675. The van der Waals surface area contributed by atoms with Crippen LogP contribution in [0.2, 0.25) is 0 Å². The van der Waals surface area contributed by atoms with Crippen molar-refractivity contribution >= 4 is 21.6 Å². The van der Waals surface area contributed by atoms with E-state index in [1.165, 1.54) is 54.6 Å². The summed E-state index contributed by atoms with van der Waals surface area (Å²) < 4.78 is 1.18. The number of fused-ring (bicyclic) bond motifs is 1. The molecule has 3 rings (SSSR count). The van der Waals surface area contributed by atoms with Crippen molar-refractivity contribution < 1.29 is 0 Å². The van der Waals surface area contributed by atoms with Crippen molar-refractivity contribution in [2.45, 2.75) is 45.2 Å². The van der Waals surface area contributed by atoms with Gasteiger partial charge in [0, 0.05) is 35.3 Å². The highest BCUT2D eigenvalue weighted by Gasteiger charge is 2.35. The van der Waals surface area contributed by atoms with Gasteiger partial charge in [0.2, 0.25) is 0 Å². The molecule has 0 aliphatic carbocycles. The maximum absolute atomic E-state index is 3.57. The van der Waals surface area contributed by atoms with Crippen molar-refractivity contribution in [3.8, 4) is 0 Å². The molecule has 0 aromatic heterocycles. The first-order valence-corrected chi connectivity index (χ1v) is 8.25. The van der Waals surface area contributed by atoms with Gasteiger partial charge in [0.15, 0.2) is 0 Å². The second-order valence-corrected chi connectivity index (χ2v) is 6.85. The number of halogens is 1. The molecule has 0 amide bonds. The lowest BCUT2D eigenvalue weighted by atomic mass is 10.0. The Labute approximate surface area is 124 Å². The molecular weight excluding hydrogens is 300 g/mol. The summed E-state index contributed by atoms with van der Waals surface area (Å²) >= 11 is 3.57. The van der Waals surface area contributed by atoms with Gasteiger partial charge in [-0.1, -0.05) is 22.9 Å². The second kappa shape index (κ2) is 5.45. The van der Waals surface area contributed by atoms with E-state index >= 15 is 0 Å². The van der Waals surface area contributed by atoms with Crippen molar-refractivity contribution in [3.05, 3.63) is 28.2 Å². The summed E-state index contributed by atoms with van der Waals surface area (Å²) in [6, 6.07) is 8.16. The smallest absolute Gasteiger partial charge is 0.0415 e. The predicted molar refractivity (Wildman–Crippen MR) is 84.9 cm³/mol. The zero-order chi connectivity index (χ0) is 13.4. The van der Waals surface area contributed by atoms with Gasteiger partial charge in [-0.25, -0.2) is 0 Å². The Morgan fingerprint density at radius 3 is 2.89 bits per heavy atom. The summed E-state index contributed by atoms with van der Waals surface area (Å²) in [5.41, 5.74) is 2.82. The van der Waals surface area contributed by atoms with Gasteiger partial charge in [-0.15, -0.1) is 0 Å². The van der Waals surface area contributed by atoms with Crippen molar-refractivity contribution in [3.63, 3.8) is 0 Å². The van der Waals surface area contributed by atoms with Gasteiger partial charge >= 0.3 is 0 Å². The summed E-state index contributed by atoms with van der Waals surface area (Å²) in [7, 11) is 0. The van der Waals surface area contributed by atoms with Crippen LogP contribution in [0.1, 0.15) is 31.7 Å². The van der Waals surface area contributed by atoms with Crippen LogP contribution < -0.4 is 4.90 Å². The molecule has 0 N–H and O–H groups in total. The van der Waals surface area contributed by atoms with Crippen molar-refractivity contribution in [2.75, 3.05) is 24.5 Å². The van der Waals surface area contributed by atoms with E-state index in [-0.39, 0.29) is 0 Å². The average Bonchev–Trinajstić information content (AvgIpc) is 2.84. The molecule has 2 aliphatic rings. The zero-order valence-corrected chi connectivity index (χ0v) is 13.5. The van der Waals surface area contributed by atoms with Crippen molar-refractivity contribution in [1.82, 2.24) is 4.90 Å². The quantitative estimate of drug-likeness (QED) is 0.816. The van der Waals surface area contributed by atoms with Crippen LogP contribution in [0.5, 0.6) is 0 Å². The summed E-state index contributed by atoms with van der Waals surface area (Å²) in [6.07, 6.45) is 4.00. The molecule has 0 radical (unpaired) electrons. The average molecular weight is 323 g/mol. The molecule has 2 saturated heterocycles. The summed E-state index contributed by atoms with van der Waals surface area (Å²) in [5.74, 6) is 0. The van der Waals surface area contributed by atoms with E-state index in [2.05, 4.69) is 57.8 Å². The number of hydrogen-bond donors (Lipinski definition) is 0. The van der Waals surface area contributed by atoms with Crippen LogP contribution >= 0.6 is 15.9 Å². The second-order valence-electron chi connectivity index (χ2n) is 5.94. The fourth-order valence-corrected chi connectivity index (χ4v) is 4.15. The van der Waals surface area contributed by atoms with Crippen LogP contribution in [0, 0.1) is 6.92 Å². The molecule has 2 heterocycles. The molecule has 2 nitrogen and oxygen atoms in total. The Bertz CT molecular complexity index is 460. The monoisotopic (exact) mass is 322 g/mol. The highest BCUT2D eigenvalue weighted by molar-refractivity contribution is 9.10. The Kier molecular flexibility index (Phi) is 3.86. The predicted octanol–water partition coefficient (Wildman–Crippen LogP) is 3.82. The number of piperazine rings is 1. The Morgan fingerprint density at radius 1 is 1.32 bits per heavy atom. The largest absolute Gasteiger partial charge is 0.365 e. The number of hydrogen-bond acceptors (Lipinski definition) is 2.